The number of nitrogens with zero attached hydrogens (tertiary/aromatic N) is 2. The van der Waals surface area contributed by atoms with Gasteiger partial charge >= 0.3 is 12.1 Å². The zero-order valence-electron chi connectivity index (χ0n) is 7.60. The summed E-state index contributed by atoms with van der Waals surface area (Å²) >= 11 is 0. The molecule has 0 atom stereocenters. The maximum Gasteiger partial charge on any atom is 0.490 e. The number of carbonyl (C=O) groups is 2. The molecule has 0 bridgehead atoms. The molecule has 0 aliphatic carbocycles. The third-order valence-electron chi connectivity index (χ3n) is 1.08. The van der Waals surface area contributed by atoms with E-state index in [1.807, 2.05) is 0 Å². The molecule has 0 unspecified atom stereocenters. The summed E-state index contributed by atoms with van der Waals surface area (Å²) in [5.41, 5.74) is 5.13. The first-order chi connectivity index (χ1) is 7.25. The average molecular weight is 237 g/mol. The fraction of sp³-hybridized carbons (Fsp3) is 0.143. The SMILES string of the molecule is NC(=O)c1ccncn1.O=C(O)C(F)(F)F. The minimum atomic E-state index is -5.08. The fourth-order valence-corrected chi connectivity index (χ4v) is 0.436. The zero-order valence-corrected chi connectivity index (χ0v) is 7.60. The Morgan fingerprint density at radius 3 is 2.06 bits per heavy atom. The van der Waals surface area contributed by atoms with Gasteiger partial charge < -0.3 is 10.8 Å². The molecule has 1 amide bonds. The molecule has 0 spiro atoms. The van der Waals surface area contributed by atoms with Gasteiger partial charge in [0.25, 0.3) is 5.91 Å². The van der Waals surface area contributed by atoms with Gasteiger partial charge in [0, 0.05) is 6.20 Å². The van der Waals surface area contributed by atoms with E-state index in [1.54, 1.807) is 0 Å². The van der Waals surface area contributed by atoms with Gasteiger partial charge in [-0.05, 0) is 6.07 Å². The summed E-state index contributed by atoms with van der Waals surface area (Å²) in [5.74, 6) is -3.29. The topological polar surface area (TPSA) is 106 Å². The van der Waals surface area contributed by atoms with Gasteiger partial charge in [0.15, 0.2) is 0 Å². The molecule has 0 aliphatic heterocycles. The predicted octanol–water partition coefficient (Wildman–Crippen LogP) is 0.209. The number of alkyl halides is 3. The van der Waals surface area contributed by atoms with E-state index in [-0.39, 0.29) is 5.69 Å². The van der Waals surface area contributed by atoms with E-state index in [0.717, 1.165) is 0 Å². The second-order valence-electron chi connectivity index (χ2n) is 2.26. The highest BCUT2D eigenvalue weighted by atomic mass is 19.4. The van der Waals surface area contributed by atoms with E-state index >= 15 is 0 Å². The van der Waals surface area contributed by atoms with Gasteiger partial charge in [-0.1, -0.05) is 0 Å². The second kappa shape index (κ2) is 5.63. The van der Waals surface area contributed by atoms with Crippen molar-refractivity contribution in [3.8, 4) is 0 Å². The number of nitrogens with two attached hydrogens (primary N) is 1. The highest BCUT2D eigenvalue weighted by Gasteiger charge is 2.38. The van der Waals surface area contributed by atoms with Crippen molar-refractivity contribution in [2.24, 2.45) is 5.73 Å². The van der Waals surface area contributed by atoms with Crippen LogP contribution in [-0.4, -0.2) is 33.1 Å². The molecule has 1 rings (SSSR count). The number of amides is 1. The molecule has 0 radical (unpaired) electrons. The second-order valence-corrected chi connectivity index (χ2v) is 2.26. The Bertz CT molecular complexity index is 366. The molecule has 0 aliphatic rings. The Kier molecular flexibility index (Phi) is 4.86. The molecule has 1 heterocycles. The van der Waals surface area contributed by atoms with Gasteiger partial charge in [0.1, 0.15) is 12.0 Å². The summed E-state index contributed by atoms with van der Waals surface area (Å²) < 4.78 is 31.7. The van der Waals surface area contributed by atoms with Crippen molar-refractivity contribution < 1.29 is 27.9 Å². The average Bonchev–Trinajstić information content (AvgIpc) is 2.18. The molecule has 1 aromatic rings. The van der Waals surface area contributed by atoms with E-state index < -0.39 is 18.1 Å². The first-order valence-electron chi connectivity index (χ1n) is 3.61. The maximum absolute atomic E-state index is 10.6. The van der Waals surface area contributed by atoms with Crippen LogP contribution < -0.4 is 5.73 Å². The van der Waals surface area contributed by atoms with Crippen LogP contribution in [-0.2, 0) is 4.79 Å². The lowest BCUT2D eigenvalue weighted by molar-refractivity contribution is -0.192. The van der Waals surface area contributed by atoms with E-state index in [0.29, 0.717) is 0 Å². The number of carboxylic acids is 1. The molecule has 0 aromatic carbocycles. The van der Waals surface area contributed by atoms with Crippen LogP contribution in [0, 0.1) is 0 Å². The van der Waals surface area contributed by atoms with Crippen molar-refractivity contribution in [2.75, 3.05) is 0 Å². The van der Waals surface area contributed by atoms with Crippen LogP contribution in [0.1, 0.15) is 10.5 Å². The minimum absolute atomic E-state index is 0.241. The van der Waals surface area contributed by atoms with Crippen molar-refractivity contribution >= 4 is 11.9 Å². The van der Waals surface area contributed by atoms with E-state index in [2.05, 4.69) is 9.97 Å². The van der Waals surface area contributed by atoms with Crippen LogP contribution in [0.4, 0.5) is 13.2 Å². The lowest BCUT2D eigenvalue weighted by Crippen LogP contribution is -2.21. The normalized spacial score (nSPS) is 9.94. The largest absolute Gasteiger partial charge is 0.490 e. The molecular weight excluding hydrogens is 231 g/mol. The predicted molar refractivity (Wildman–Crippen MR) is 44.2 cm³/mol. The number of rotatable bonds is 1. The first kappa shape index (κ1) is 13.8. The highest BCUT2D eigenvalue weighted by Crippen LogP contribution is 2.13. The minimum Gasteiger partial charge on any atom is -0.475 e. The van der Waals surface area contributed by atoms with Crippen molar-refractivity contribution in [2.45, 2.75) is 6.18 Å². The monoisotopic (exact) mass is 237 g/mol. The maximum atomic E-state index is 10.6. The summed E-state index contributed by atoms with van der Waals surface area (Å²) in [6.45, 7) is 0. The number of primary amides is 1. The quantitative estimate of drug-likeness (QED) is 0.726. The molecule has 0 saturated carbocycles. The van der Waals surface area contributed by atoms with Crippen LogP contribution in [0.2, 0.25) is 0 Å². The standard InChI is InChI=1S/C5H5N3O.C2HF3O2/c6-5(9)4-1-2-7-3-8-4;3-2(4,5)1(6)7/h1-3H,(H2,6,9);(H,6,7). The third kappa shape index (κ3) is 5.52. The van der Waals surface area contributed by atoms with Crippen LogP contribution in [0.25, 0.3) is 0 Å². The molecular formula is C7H6F3N3O3. The van der Waals surface area contributed by atoms with Gasteiger partial charge in [0.2, 0.25) is 0 Å². The molecule has 9 heteroatoms. The van der Waals surface area contributed by atoms with Crippen LogP contribution in [0.3, 0.4) is 0 Å². The Labute approximate surface area is 86.9 Å². The number of aliphatic carboxylic acids is 1. The lowest BCUT2D eigenvalue weighted by Gasteiger charge is -1.93. The number of hydrogen-bond donors (Lipinski definition) is 2. The molecule has 0 saturated heterocycles. The number of hydrogen-bond acceptors (Lipinski definition) is 4. The number of carbonyl (C=O) groups excluding carboxylic acids is 1. The van der Waals surface area contributed by atoms with Gasteiger partial charge in [-0.3, -0.25) is 4.79 Å². The van der Waals surface area contributed by atoms with Gasteiger partial charge in [-0.15, -0.1) is 0 Å². The molecule has 16 heavy (non-hydrogen) atoms. The van der Waals surface area contributed by atoms with Crippen LogP contribution in [0.5, 0.6) is 0 Å². The Hall–Kier alpha value is -2.19. The van der Waals surface area contributed by atoms with Crippen molar-refractivity contribution in [1.29, 1.82) is 0 Å². The summed E-state index contributed by atoms with van der Waals surface area (Å²) in [6, 6.07) is 1.46. The van der Waals surface area contributed by atoms with E-state index in [4.69, 9.17) is 15.6 Å². The summed E-state index contributed by atoms with van der Waals surface area (Å²) in [5, 5.41) is 7.12. The van der Waals surface area contributed by atoms with Gasteiger partial charge in [-0.2, -0.15) is 13.2 Å². The van der Waals surface area contributed by atoms with Gasteiger partial charge in [0.05, 0.1) is 0 Å². The summed E-state index contributed by atoms with van der Waals surface area (Å²) in [6.07, 6.45) is -2.34. The van der Waals surface area contributed by atoms with Crippen LogP contribution in [0.15, 0.2) is 18.6 Å². The molecule has 6 nitrogen and oxygen atoms in total. The van der Waals surface area contributed by atoms with Crippen molar-refractivity contribution in [1.82, 2.24) is 9.97 Å². The van der Waals surface area contributed by atoms with Gasteiger partial charge in [-0.25, -0.2) is 14.8 Å². The number of carboxylic acid groups (broad SMARTS) is 1. The molecule has 3 N–H and O–H groups in total. The lowest BCUT2D eigenvalue weighted by atomic mass is 10.4. The smallest absolute Gasteiger partial charge is 0.475 e. The van der Waals surface area contributed by atoms with E-state index in [9.17, 15) is 18.0 Å². The highest BCUT2D eigenvalue weighted by molar-refractivity contribution is 5.90. The molecule has 88 valence electrons. The molecule has 1 aromatic heterocycles. The first-order valence-corrected chi connectivity index (χ1v) is 3.61. The fourth-order valence-electron chi connectivity index (χ4n) is 0.436. The van der Waals surface area contributed by atoms with E-state index in [1.165, 1.54) is 18.6 Å². The zero-order chi connectivity index (χ0) is 12.8. The molecule has 0 fully saturated rings. The third-order valence-corrected chi connectivity index (χ3v) is 1.08. The number of halogens is 3. The number of aromatic nitrogens is 2. The van der Waals surface area contributed by atoms with Crippen LogP contribution >= 0.6 is 0 Å². The van der Waals surface area contributed by atoms with Crippen molar-refractivity contribution in [3.05, 3.63) is 24.3 Å². The Morgan fingerprint density at radius 1 is 1.38 bits per heavy atom. The Balaban J connectivity index is 0.000000293. The summed E-state index contributed by atoms with van der Waals surface area (Å²) in [7, 11) is 0. The van der Waals surface area contributed by atoms with Crippen molar-refractivity contribution in [3.63, 3.8) is 0 Å². The summed E-state index contributed by atoms with van der Waals surface area (Å²) in [4.78, 5) is 26.4. The Morgan fingerprint density at radius 2 is 1.88 bits per heavy atom.